The van der Waals surface area contributed by atoms with Crippen LogP contribution in [0.25, 0.3) is 0 Å². The molecule has 0 fully saturated rings. The first-order valence-corrected chi connectivity index (χ1v) is 16.4. The quantitative estimate of drug-likeness (QED) is 0.0750. The van der Waals surface area contributed by atoms with Crippen molar-refractivity contribution in [3.05, 3.63) is 103 Å². The van der Waals surface area contributed by atoms with Crippen molar-refractivity contribution >= 4 is 26.4 Å². The van der Waals surface area contributed by atoms with Gasteiger partial charge in [0.15, 0.2) is 0 Å². The number of carbonyl (C=O) groups excluding carboxylic acids is 1. The van der Waals surface area contributed by atoms with Gasteiger partial charge in [0.25, 0.3) is 5.60 Å². The molecule has 0 atom stereocenters. The van der Waals surface area contributed by atoms with Gasteiger partial charge in [-0.05, 0) is 59.5 Å². The van der Waals surface area contributed by atoms with Gasteiger partial charge in [0.2, 0.25) is 0 Å². The van der Waals surface area contributed by atoms with Crippen molar-refractivity contribution in [2.75, 3.05) is 19.8 Å². The molecule has 3 aromatic carbocycles. The Hall–Kier alpha value is -3.51. The summed E-state index contributed by atoms with van der Waals surface area (Å²) in [5.41, 5.74) is -5.76. The maximum Gasteiger partial charge on any atom is 0.426 e. The highest BCUT2D eigenvalue weighted by Crippen LogP contribution is 2.70. The van der Waals surface area contributed by atoms with Crippen LogP contribution in [0.1, 0.15) is 12.8 Å². The molecule has 0 bridgehead atoms. The Morgan fingerprint density at radius 3 is 1.51 bits per heavy atom. The second-order valence-corrected chi connectivity index (χ2v) is 14.4. The van der Waals surface area contributed by atoms with Gasteiger partial charge in [-0.25, -0.2) is 8.42 Å². The van der Waals surface area contributed by atoms with Crippen molar-refractivity contribution in [3.63, 3.8) is 0 Å². The lowest BCUT2D eigenvalue weighted by Crippen LogP contribution is -2.56. The molecule has 0 aliphatic rings. The van der Waals surface area contributed by atoms with E-state index in [0.29, 0.717) is 0 Å². The Bertz CT molecular complexity index is 1490. The van der Waals surface area contributed by atoms with E-state index in [1.807, 2.05) is 0 Å². The van der Waals surface area contributed by atoms with Crippen LogP contribution in [0.15, 0.2) is 118 Å². The molecule has 0 radical (unpaired) electrons. The van der Waals surface area contributed by atoms with Crippen molar-refractivity contribution in [3.8, 4) is 0 Å². The average Bonchev–Trinajstić information content (AvgIpc) is 3.01. The van der Waals surface area contributed by atoms with Gasteiger partial charge in [-0.3, -0.25) is 0 Å². The molecular formula is C30H28F8O7S2. The fraction of sp³-hybridized carbons (Fsp3) is 0.300. The van der Waals surface area contributed by atoms with Gasteiger partial charge in [0.1, 0.15) is 6.61 Å². The number of alkyl halides is 8. The Labute approximate surface area is 266 Å². The molecule has 0 aliphatic heterocycles. The summed E-state index contributed by atoms with van der Waals surface area (Å²) in [7, 11) is -9.15. The van der Waals surface area contributed by atoms with Gasteiger partial charge < -0.3 is 14.6 Å². The summed E-state index contributed by atoms with van der Waals surface area (Å²) in [6.07, 6.45) is -15.1. The fourth-order valence-electron chi connectivity index (χ4n) is 4.01. The van der Waals surface area contributed by atoms with Crippen molar-refractivity contribution in [1.82, 2.24) is 0 Å². The third-order valence-corrected chi connectivity index (χ3v) is 11.7. The molecule has 3 rings (SSSR count). The first kappa shape index (κ1) is 37.9. The molecule has 17 heteroatoms. The summed E-state index contributed by atoms with van der Waals surface area (Å²) in [5.74, 6) is -1.43. The predicted octanol–water partition coefficient (Wildman–Crippen LogP) is 7.57. The molecule has 0 aromatic heterocycles. The molecule has 7 nitrogen and oxygen atoms in total. The number of halogens is 8. The molecule has 47 heavy (non-hydrogen) atoms. The van der Waals surface area contributed by atoms with Crippen LogP contribution in [0, 0.1) is 0 Å². The summed E-state index contributed by atoms with van der Waals surface area (Å²) in [4.78, 5) is 12.9. The van der Waals surface area contributed by atoms with E-state index >= 15 is 8.78 Å². The molecule has 1 N–H and O–H groups in total. The van der Waals surface area contributed by atoms with Crippen molar-refractivity contribution < 1.29 is 66.5 Å². The van der Waals surface area contributed by atoms with Gasteiger partial charge in [-0.15, -0.1) is 0 Å². The minimum atomic E-state index is -6.06. The molecule has 0 unspecified atom stereocenters. The lowest BCUT2D eigenvalue weighted by atomic mass is 9.96. The summed E-state index contributed by atoms with van der Waals surface area (Å²) in [6, 6.07) is 23.6. The van der Waals surface area contributed by atoms with E-state index in [1.54, 1.807) is 54.6 Å². The maximum absolute atomic E-state index is 15.3. The Morgan fingerprint density at radius 2 is 1.13 bits per heavy atom. The molecule has 3 aromatic rings. The lowest BCUT2D eigenvalue weighted by molar-refractivity contribution is -0.370. The standard InChI is InChI=1S/C30H28F8O7S2/c1-22(26(39)44-19-11-18-27(40,29(33,34)35)30(36,37)38)20-43-21-28(31,32)47(41,42)45-46(23-12-5-2-6-13-23,24-14-7-3-8-15-24)25-16-9-4-10-17-25/h2-10,12-17,40H,1,11,18-21H2. The van der Waals surface area contributed by atoms with E-state index in [9.17, 15) is 39.6 Å². The van der Waals surface area contributed by atoms with Crippen molar-refractivity contribution in [2.24, 2.45) is 0 Å². The molecular weight excluding hydrogens is 688 g/mol. The normalized spacial score (nSPS) is 13.6. The van der Waals surface area contributed by atoms with Crippen LogP contribution in [-0.2, 0) is 28.0 Å². The Kier molecular flexibility index (Phi) is 11.9. The van der Waals surface area contributed by atoms with Gasteiger partial charge in [0.05, 0.1) is 18.8 Å². The highest BCUT2D eigenvalue weighted by atomic mass is 32.3. The Balaban J connectivity index is 1.72. The Morgan fingerprint density at radius 1 is 0.723 bits per heavy atom. The van der Waals surface area contributed by atoms with Crippen molar-refractivity contribution in [2.45, 2.75) is 50.7 Å². The number of benzene rings is 3. The number of hydrogen-bond donors (Lipinski definition) is 1. The average molecular weight is 717 g/mol. The molecule has 258 valence electrons. The van der Waals surface area contributed by atoms with Gasteiger partial charge >= 0.3 is 33.7 Å². The smallest absolute Gasteiger partial charge is 0.426 e. The van der Waals surface area contributed by atoms with Crippen LogP contribution >= 0.6 is 10.3 Å². The van der Waals surface area contributed by atoms with Crippen LogP contribution in [-0.4, -0.2) is 62.5 Å². The molecule has 0 saturated carbocycles. The van der Waals surface area contributed by atoms with E-state index in [-0.39, 0.29) is 14.7 Å². The van der Waals surface area contributed by atoms with Crippen LogP contribution in [0.5, 0.6) is 0 Å². The fourth-order valence-corrected chi connectivity index (χ4v) is 9.09. The van der Waals surface area contributed by atoms with Crippen LogP contribution < -0.4 is 0 Å². The molecule has 0 aliphatic carbocycles. The zero-order valence-corrected chi connectivity index (χ0v) is 25.8. The van der Waals surface area contributed by atoms with Crippen molar-refractivity contribution in [1.29, 1.82) is 0 Å². The largest absolute Gasteiger partial charge is 0.462 e. The zero-order valence-electron chi connectivity index (χ0n) is 24.1. The number of hydrogen-bond acceptors (Lipinski definition) is 7. The third kappa shape index (κ3) is 8.51. The number of aliphatic hydroxyl groups is 1. The topological polar surface area (TPSA) is 99.1 Å². The molecule has 0 heterocycles. The maximum atomic E-state index is 15.3. The first-order valence-electron chi connectivity index (χ1n) is 13.4. The number of esters is 1. The number of rotatable bonds is 15. The van der Waals surface area contributed by atoms with Crippen LogP contribution in [0.4, 0.5) is 35.1 Å². The number of carbonyl (C=O) groups is 1. The highest BCUT2D eigenvalue weighted by Gasteiger charge is 2.69. The van der Waals surface area contributed by atoms with Crippen LogP contribution in [0.2, 0.25) is 0 Å². The first-order chi connectivity index (χ1) is 21.8. The van der Waals surface area contributed by atoms with Gasteiger partial charge in [0, 0.05) is 14.7 Å². The molecule has 0 spiro atoms. The summed E-state index contributed by atoms with van der Waals surface area (Å²) < 4.78 is 148. The molecule has 0 amide bonds. The van der Waals surface area contributed by atoms with Gasteiger partial charge in [-0.2, -0.15) is 43.5 Å². The highest BCUT2D eigenvalue weighted by molar-refractivity contribution is 8.33. The van der Waals surface area contributed by atoms with E-state index in [4.69, 9.17) is 13.5 Å². The summed E-state index contributed by atoms with van der Waals surface area (Å²) in [5, 5.41) is 4.42. The second kappa shape index (κ2) is 14.7. The number of ether oxygens (including phenoxy) is 2. The van der Waals surface area contributed by atoms with E-state index < -0.39 is 87.8 Å². The van der Waals surface area contributed by atoms with E-state index in [0.717, 1.165) is 0 Å². The minimum absolute atomic E-state index is 0.276. The summed E-state index contributed by atoms with van der Waals surface area (Å²) >= 11 is 0. The predicted molar refractivity (Wildman–Crippen MR) is 154 cm³/mol. The summed E-state index contributed by atoms with van der Waals surface area (Å²) in [6.45, 7) is -0.725. The third-order valence-electron chi connectivity index (χ3n) is 6.47. The van der Waals surface area contributed by atoms with Crippen LogP contribution in [0.3, 0.4) is 0 Å². The minimum Gasteiger partial charge on any atom is -0.462 e. The SMILES string of the molecule is C=C(COCC(F)(F)S(=O)(=O)OS(c1ccccc1)(c1ccccc1)c1ccccc1)C(=O)OCCCC(O)(C(F)(F)F)C(F)(F)F. The zero-order chi connectivity index (χ0) is 35.2. The monoisotopic (exact) mass is 716 g/mol. The lowest BCUT2D eigenvalue weighted by Gasteiger charge is -2.40. The molecule has 0 saturated heterocycles. The van der Waals surface area contributed by atoms with E-state index in [1.165, 1.54) is 36.4 Å². The van der Waals surface area contributed by atoms with Gasteiger partial charge in [-0.1, -0.05) is 61.2 Å². The second-order valence-electron chi connectivity index (χ2n) is 9.85. The van der Waals surface area contributed by atoms with E-state index in [2.05, 4.69) is 11.3 Å².